The average Bonchev–Trinajstić information content (AvgIpc) is 2.47. The lowest BCUT2D eigenvalue weighted by atomic mass is 10.3. The van der Waals surface area contributed by atoms with Gasteiger partial charge in [-0.1, -0.05) is 13.3 Å². The second kappa shape index (κ2) is 4.19. The summed E-state index contributed by atoms with van der Waals surface area (Å²) in [6.45, 7) is 3.35. The lowest BCUT2D eigenvalue weighted by Crippen LogP contribution is -2.00. The first kappa shape index (κ1) is 8.34. The zero-order chi connectivity index (χ0) is 8.10. The summed E-state index contributed by atoms with van der Waals surface area (Å²) in [4.78, 5) is 0. The third-order valence-corrected chi connectivity index (χ3v) is 1.84. The molecule has 1 rings (SSSR count). The molecule has 0 aromatic carbocycles. The summed E-state index contributed by atoms with van der Waals surface area (Å²) in [5.41, 5.74) is 1.01. The normalized spacial score (nSPS) is 10.4. The molecular formula is C9H15NO. The predicted molar refractivity (Wildman–Crippen MR) is 45.3 cm³/mol. The quantitative estimate of drug-likeness (QED) is 0.700. The van der Waals surface area contributed by atoms with Gasteiger partial charge in [0.05, 0.1) is 6.61 Å². The molecule has 1 aromatic rings. The van der Waals surface area contributed by atoms with Gasteiger partial charge in [-0.2, -0.15) is 0 Å². The van der Waals surface area contributed by atoms with Gasteiger partial charge in [0.1, 0.15) is 0 Å². The molecule has 0 spiro atoms. The van der Waals surface area contributed by atoms with Crippen LogP contribution in [0.4, 0.5) is 0 Å². The van der Waals surface area contributed by atoms with Crippen molar-refractivity contribution in [2.75, 3.05) is 0 Å². The summed E-state index contributed by atoms with van der Waals surface area (Å²) in [6, 6.07) is 3.93. The van der Waals surface area contributed by atoms with Gasteiger partial charge in [-0.15, -0.1) is 0 Å². The first-order valence-electron chi connectivity index (χ1n) is 4.13. The summed E-state index contributed by atoms with van der Waals surface area (Å²) in [5.74, 6) is 0. The molecule has 0 aliphatic carbocycles. The van der Waals surface area contributed by atoms with E-state index in [1.54, 1.807) is 0 Å². The van der Waals surface area contributed by atoms with Crippen molar-refractivity contribution in [2.45, 2.75) is 32.9 Å². The minimum absolute atomic E-state index is 0.150. The van der Waals surface area contributed by atoms with Crippen molar-refractivity contribution in [1.82, 2.24) is 4.57 Å². The summed E-state index contributed by atoms with van der Waals surface area (Å²) >= 11 is 0. The molecule has 0 fully saturated rings. The molecule has 0 amide bonds. The fraction of sp³-hybridized carbons (Fsp3) is 0.556. The zero-order valence-electron chi connectivity index (χ0n) is 6.95. The molecular weight excluding hydrogens is 138 g/mol. The Morgan fingerprint density at radius 2 is 2.36 bits per heavy atom. The van der Waals surface area contributed by atoms with E-state index in [9.17, 15) is 0 Å². The lowest BCUT2D eigenvalue weighted by molar-refractivity contribution is 0.270. The van der Waals surface area contributed by atoms with E-state index in [0.29, 0.717) is 0 Å². The first-order chi connectivity index (χ1) is 5.38. The van der Waals surface area contributed by atoms with Gasteiger partial charge in [0.2, 0.25) is 0 Å². The molecule has 0 atom stereocenters. The Labute approximate surface area is 67.5 Å². The number of hydrogen-bond donors (Lipinski definition) is 1. The van der Waals surface area contributed by atoms with Gasteiger partial charge >= 0.3 is 0 Å². The maximum Gasteiger partial charge on any atom is 0.0832 e. The molecule has 62 valence electrons. The standard InChI is InChI=1S/C9H15NO/c1-2-3-6-10-7-4-5-9(10)8-11/h4-5,7,11H,2-3,6,8H2,1H3. The van der Waals surface area contributed by atoms with Crippen molar-refractivity contribution in [3.05, 3.63) is 24.0 Å². The predicted octanol–water partition coefficient (Wildman–Crippen LogP) is 1.78. The van der Waals surface area contributed by atoms with Crippen LogP contribution in [-0.2, 0) is 13.2 Å². The van der Waals surface area contributed by atoms with Gasteiger partial charge in [0, 0.05) is 18.4 Å². The van der Waals surface area contributed by atoms with Gasteiger partial charge in [0.25, 0.3) is 0 Å². The first-order valence-corrected chi connectivity index (χ1v) is 4.13. The summed E-state index contributed by atoms with van der Waals surface area (Å²) in [5, 5.41) is 8.89. The fourth-order valence-electron chi connectivity index (χ4n) is 1.14. The van der Waals surface area contributed by atoms with Crippen LogP contribution in [0.15, 0.2) is 18.3 Å². The number of aliphatic hydroxyl groups excluding tert-OH is 1. The van der Waals surface area contributed by atoms with E-state index < -0.39 is 0 Å². The van der Waals surface area contributed by atoms with E-state index in [1.165, 1.54) is 12.8 Å². The Morgan fingerprint density at radius 1 is 1.55 bits per heavy atom. The van der Waals surface area contributed by atoms with Crippen LogP contribution in [0.1, 0.15) is 25.5 Å². The Balaban J connectivity index is 2.54. The van der Waals surface area contributed by atoms with E-state index >= 15 is 0 Å². The van der Waals surface area contributed by atoms with Crippen molar-refractivity contribution in [1.29, 1.82) is 0 Å². The highest BCUT2D eigenvalue weighted by Crippen LogP contribution is 2.03. The summed E-state index contributed by atoms with van der Waals surface area (Å²) in [6.07, 6.45) is 4.39. The van der Waals surface area contributed by atoms with Crippen LogP contribution in [0.2, 0.25) is 0 Å². The van der Waals surface area contributed by atoms with E-state index in [1.807, 2.05) is 18.3 Å². The van der Waals surface area contributed by atoms with E-state index in [-0.39, 0.29) is 6.61 Å². The van der Waals surface area contributed by atoms with Gasteiger partial charge in [-0.25, -0.2) is 0 Å². The Bertz CT molecular complexity index is 205. The minimum Gasteiger partial charge on any atom is -0.390 e. The maximum absolute atomic E-state index is 8.89. The molecule has 0 unspecified atom stereocenters. The van der Waals surface area contributed by atoms with Crippen LogP contribution in [0, 0.1) is 0 Å². The van der Waals surface area contributed by atoms with Gasteiger partial charge in [-0.3, -0.25) is 0 Å². The third-order valence-electron chi connectivity index (χ3n) is 1.84. The number of unbranched alkanes of at least 4 members (excludes halogenated alkanes) is 1. The van der Waals surface area contributed by atoms with Crippen LogP contribution < -0.4 is 0 Å². The Kier molecular flexibility index (Phi) is 3.17. The zero-order valence-corrected chi connectivity index (χ0v) is 6.95. The van der Waals surface area contributed by atoms with Crippen LogP contribution in [0.25, 0.3) is 0 Å². The molecule has 2 heteroatoms. The van der Waals surface area contributed by atoms with Crippen molar-refractivity contribution < 1.29 is 5.11 Å². The van der Waals surface area contributed by atoms with Gasteiger partial charge in [0.15, 0.2) is 0 Å². The molecule has 0 aliphatic rings. The number of hydrogen-bond acceptors (Lipinski definition) is 1. The average molecular weight is 153 g/mol. The maximum atomic E-state index is 8.89. The van der Waals surface area contributed by atoms with Gasteiger partial charge < -0.3 is 9.67 Å². The van der Waals surface area contributed by atoms with E-state index in [4.69, 9.17) is 5.11 Å². The minimum atomic E-state index is 0.150. The number of rotatable bonds is 4. The molecule has 11 heavy (non-hydrogen) atoms. The Hall–Kier alpha value is -0.760. The van der Waals surface area contributed by atoms with Crippen LogP contribution in [0.5, 0.6) is 0 Å². The highest BCUT2D eigenvalue weighted by Gasteiger charge is 1.96. The molecule has 0 aliphatic heterocycles. The molecule has 1 heterocycles. The van der Waals surface area contributed by atoms with E-state index in [2.05, 4.69) is 11.5 Å². The van der Waals surface area contributed by atoms with Crippen molar-refractivity contribution in [3.63, 3.8) is 0 Å². The summed E-state index contributed by atoms with van der Waals surface area (Å²) in [7, 11) is 0. The Morgan fingerprint density at radius 3 is 3.00 bits per heavy atom. The molecule has 0 saturated carbocycles. The summed E-state index contributed by atoms with van der Waals surface area (Å²) < 4.78 is 2.10. The number of aryl methyl sites for hydroxylation is 1. The van der Waals surface area contributed by atoms with Crippen LogP contribution in [0.3, 0.4) is 0 Å². The highest BCUT2D eigenvalue weighted by molar-refractivity contribution is 5.05. The van der Waals surface area contributed by atoms with Crippen LogP contribution in [-0.4, -0.2) is 9.67 Å². The van der Waals surface area contributed by atoms with Crippen molar-refractivity contribution in [2.24, 2.45) is 0 Å². The largest absolute Gasteiger partial charge is 0.390 e. The molecule has 0 saturated heterocycles. The van der Waals surface area contributed by atoms with Gasteiger partial charge in [-0.05, 0) is 18.6 Å². The molecule has 0 bridgehead atoms. The highest BCUT2D eigenvalue weighted by atomic mass is 16.3. The number of aliphatic hydroxyl groups is 1. The molecule has 1 aromatic heterocycles. The molecule has 1 N–H and O–H groups in total. The van der Waals surface area contributed by atoms with Crippen LogP contribution >= 0.6 is 0 Å². The van der Waals surface area contributed by atoms with Crippen molar-refractivity contribution >= 4 is 0 Å². The molecule has 0 radical (unpaired) electrons. The SMILES string of the molecule is CCCCn1cccc1CO. The molecule has 2 nitrogen and oxygen atoms in total. The van der Waals surface area contributed by atoms with Crippen molar-refractivity contribution in [3.8, 4) is 0 Å². The fourth-order valence-corrected chi connectivity index (χ4v) is 1.14. The smallest absolute Gasteiger partial charge is 0.0832 e. The number of aromatic nitrogens is 1. The lowest BCUT2D eigenvalue weighted by Gasteiger charge is -2.04. The van der Waals surface area contributed by atoms with E-state index in [0.717, 1.165) is 12.2 Å². The second-order valence-electron chi connectivity index (χ2n) is 2.70. The topological polar surface area (TPSA) is 25.2 Å². The monoisotopic (exact) mass is 153 g/mol. The number of nitrogens with zero attached hydrogens (tertiary/aromatic N) is 1. The second-order valence-corrected chi connectivity index (χ2v) is 2.70. The third kappa shape index (κ3) is 2.09.